The lowest BCUT2D eigenvalue weighted by Crippen LogP contribution is -2.47. The van der Waals surface area contributed by atoms with E-state index >= 15 is 0 Å². The molecule has 0 radical (unpaired) electrons. The van der Waals surface area contributed by atoms with Crippen molar-refractivity contribution in [3.63, 3.8) is 0 Å². The standard InChI is InChI=1S/C41H57ClN2O7S2/c1-5-6-7-8-9-10-11-12-13-14-15-16-17-18-30-52(48,49)44-34-21-19-20-33(31-34)43-39(47)41(42,38(46)40(2,3)4)32-22-26-36(27-23-32)53(50,51)37-28-24-35(45)25-29-37/h19-29,31,44-45H,5-18,30H2,1-4H3,(H,43,47). The molecular formula is C41H57ClN2O7S2. The van der Waals surface area contributed by atoms with Gasteiger partial charge in [0.1, 0.15) is 5.75 Å². The van der Waals surface area contributed by atoms with Gasteiger partial charge in [0.25, 0.3) is 5.91 Å². The SMILES string of the molecule is CCCCCCCCCCCCCCCCS(=O)(=O)Nc1cccc(NC(=O)C(Cl)(C(=O)C(C)(C)C)c2ccc(S(=O)(=O)c3ccc(O)cc3)cc2)c1. The zero-order chi connectivity index (χ0) is 39.1. The molecule has 12 heteroatoms. The average molecular weight is 790 g/mol. The molecule has 1 atom stereocenters. The van der Waals surface area contributed by atoms with Gasteiger partial charge in [-0.25, -0.2) is 16.8 Å². The zero-order valence-electron chi connectivity index (χ0n) is 31.6. The number of sulfone groups is 1. The number of alkyl halides is 1. The number of halogens is 1. The number of benzene rings is 3. The van der Waals surface area contributed by atoms with Crippen molar-refractivity contribution in [2.45, 2.75) is 132 Å². The largest absolute Gasteiger partial charge is 0.508 e. The molecule has 1 unspecified atom stereocenters. The van der Waals surface area contributed by atoms with Crippen LogP contribution in [0.5, 0.6) is 5.75 Å². The molecule has 0 heterocycles. The van der Waals surface area contributed by atoms with Gasteiger partial charge in [0.05, 0.1) is 21.2 Å². The van der Waals surface area contributed by atoms with Gasteiger partial charge in [-0.1, -0.05) is 141 Å². The quantitative estimate of drug-likeness (QED) is 0.0492. The summed E-state index contributed by atoms with van der Waals surface area (Å²) in [5, 5.41) is 12.2. The van der Waals surface area contributed by atoms with E-state index in [0.717, 1.165) is 19.3 Å². The van der Waals surface area contributed by atoms with E-state index in [1.807, 2.05) is 0 Å². The maximum atomic E-state index is 13.9. The van der Waals surface area contributed by atoms with Crippen LogP contribution < -0.4 is 10.0 Å². The van der Waals surface area contributed by atoms with Gasteiger partial charge in [-0.15, -0.1) is 0 Å². The molecule has 3 aromatic rings. The fourth-order valence-corrected chi connectivity index (χ4v) is 8.99. The van der Waals surface area contributed by atoms with Crippen LogP contribution in [0.1, 0.15) is 123 Å². The molecule has 3 aromatic carbocycles. The summed E-state index contributed by atoms with van der Waals surface area (Å²) in [6.07, 6.45) is 16.4. The van der Waals surface area contributed by atoms with Crippen molar-refractivity contribution < 1.29 is 31.5 Å². The fraction of sp³-hybridized carbons (Fsp3) is 0.512. The molecule has 0 saturated heterocycles. The first-order valence-corrected chi connectivity index (χ1v) is 22.3. The van der Waals surface area contributed by atoms with Gasteiger partial charge in [-0.3, -0.25) is 14.3 Å². The van der Waals surface area contributed by atoms with Crippen molar-refractivity contribution in [2.24, 2.45) is 5.41 Å². The molecule has 9 nitrogen and oxygen atoms in total. The normalized spacial score (nSPS) is 13.3. The number of aromatic hydroxyl groups is 1. The average Bonchev–Trinajstić information content (AvgIpc) is 3.11. The zero-order valence-corrected chi connectivity index (χ0v) is 34.0. The van der Waals surface area contributed by atoms with E-state index in [0.29, 0.717) is 6.42 Å². The van der Waals surface area contributed by atoms with Crippen LogP contribution in [-0.4, -0.2) is 39.4 Å². The Morgan fingerprint density at radius 3 is 1.60 bits per heavy atom. The van der Waals surface area contributed by atoms with Crippen LogP contribution in [0, 0.1) is 5.41 Å². The van der Waals surface area contributed by atoms with Gasteiger partial charge in [-0.05, 0) is 66.6 Å². The van der Waals surface area contributed by atoms with Crippen LogP contribution in [0.4, 0.5) is 11.4 Å². The van der Waals surface area contributed by atoms with Gasteiger partial charge in [0, 0.05) is 11.1 Å². The molecule has 3 N–H and O–H groups in total. The molecule has 0 aliphatic rings. The summed E-state index contributed by atoms with van der Waals surface area (Å²) in [5.41, 5.74) is -0.545. The number of carbonyl (C=O) groups is 2. The Morgan fingerprint density at radius 2 is 1.11 bits per heavy atom. The second-order valence-corrected chi connectivity index (χ2v) is 19.2. The van der Waals surface area contributed by atoms with E-state index in [1.165, 1.54) is 119 Å². The highest BCUT2D eigenvalue weighted by molar-refractivity contribution is 7.92. The Labute approximate surface area is 322 Å². The first kappa shape index (κ1) is 44.0. The van der Waals surface area contributed by atoms with Crippen molar-refractivity contribution in [1.82, 2.24) is 0 Å². The molecule has 0 spiro atoms. The Hall–Kier alpha value is -3.41. The Bertz CT molecular complexity index is 1840. The number of hydrogen-bond acceptors (Lipinski definition) is 7. The maximum Gasteiger partial charge on any atom is 0.257 e. The van der Waals surface area contributed by atoms with Crippen molar-refractivity contribution in [1.29, 1.82) is 0 Å². The van der Waals surface area contributed by atoms with E-state index in [1.54, 1.807) is 39.0 Å². The van der Waals surface area contributed by atoms with Crippen molar-refractivity contribution in [3.8, 4) is 5.75 Å². The minimum absolute atomic E-state index is 0.0229. The van der Waals surface area contributed by atoms with Crippen LogP contribution in [0.25, 0.3) is 0 Å². The number of nitrogens with one attached hydrogen (secondary N) is 2. The topological polar surface area (TPSA) is 147 Å². The summed E-state index contributed by atoms with van der Waals surface area (Å²) in [7, 11) is -7.61. The molecule has 0 aromatic heterocycles. The molecule has 3 rings (SSSR count). The number of unbranched alkanes of at least 4 members (excludes halogenated alkanes) is 13. The summed E-state index contributed by atoms with van der Waals surface area (Å²) >= 11 is 6.95. The molecule has 0 aliphatic heterocycles. The smallest absolute Gasteiger partial charge is 0.257 e. The summed E-state index contributed by atoms with van der Waals surface area (Å²) in [6.45, 7) is 7.10. The third-order valence-electron chi connectivity index (χ3n) is 9.18. The van der Waals surface area contributed by atoms with Gasteiger partial charge in [-0.2, -0.15) is 0 Å². The van der Waals surface area contributed by atoms with Crippen LogP contribution in [0.2, 0.25) is 0 Å². The van der Waals surface area contributed by atoms with Gasteiger partial charge < -0.3 is 10.4 Å². The number of amides is 1. The third kappa shape index (κ3) is 13.4. The molecule has 0 aliphatic carbocycles. The van der Waals surface area contributed by atoms with Crippen molar-refractivity contribution >= 4 is 54.5 Å². The lowest BCUT2D eigenvalue weighted by Gasteiger charge is -2.31. The van der Waals surface area contributed by atoms with Gasteiger partial charge in [0.2, 0.25) is 24.7 Å². The highest BCUT2D eigenvalue weighted by Crippen LogP contribution is 2.39. The summed E-state index contributed by atoms with van der Waals surface area (Å²) < 4.78 is 54.7. The summed E-state index contributed by atoms with van der Waals surface area (Å²) in [5.74, 6) is -1.61. The Kier molecular flexibility index (Phi) is 16.9. The number of ketones is 1. The van der Waals surface area contributed by atoms with Crippen LogP contribution in [-0.2, 0) is 34.3 Å². The van der Waals surface area contributed by atoms with Crippen molar-refractivity contribution in [2.75, 3.05) is 15.8 Å². The first-order valence-electron chi connectivity index (χ1n) is 18.8. The van der Waals surface area contributed by atoms with Crippen LogP contribution >= 0.6 is 11.6 Å². The van der Waals surface area contributed by atoms with E-state index in [-0.39, 0.29) is 38.2 Å². The number of phenols is 1. The second kappa shape index (κ2) is 20.3. The number of phenolic OH excluding ortho intramolecular Hbond substituents is 1. The van der Waals surface area contributed by atoms with E-state index in [2.05, 4.69) is 17.0 Å². The van der Waals surface area contributed by atoms with Gasteiger partial charge in [0.15, 0.2) is 5.78 Å². The molecule has 0 bridgehead atoms. The Morgan fingerprint density at radius 1 is 0.660 bits per heavy atom. The van der Waals surface area contributed by atoms with E-state index in [9.17, 15) is 31.5 Å². The number of Topliss-reactive ketones (excluding diaryl/α,β-unsaturated/α-hetero) is 1. The number of rotatable bonds is 23. The Balaban J connectivity index is 1.58. The monoisotopic (exact) mass is 788 g/mol. The summed E-state index contributed by atoms with van der Waals surface area (Å²) in [6, 6.07) is 16.4. The molecule has 53 heavy (non-hydrogen) atoms. The highest BCUT2D eigenvalue weighted by Gasteiger charge is 2.50. The van der Waals surface area contributed by atoms with Gasteiger partial charge >= 0.3 is 0 Å². The summed E-state index contributed by atoms with van der Waals surface area (Å²) in [4.78, 5) is 25.2. The fourth-order valence-electron chi connectivity index (χ4n) is 6.10. The van der Waals surface area contributed by atoms with Crippen LogP contribution in [0.3, 0.4) is 0 Å². The predicted molar refractivity (Wildman–Crippen MR) is 215 cm³/mol. The lowest BCUT2D eigenvalue weighted by atomic mass is 9.78. The number of anilines is 2. The van der Waals surface area contributed by atoms with Crippen molar-refractivity contribution in [3.05, 3.63) is 78.4 Å². The minimum Gasteiger partial charge on any atom is -0.508 e. The minimum atomic E-state index is -3.97. The molecule has 0 fully saturated rings. The number of sulfonamides is 1. The number of carbonyl (C=O) groups excluding carboxylic acids is 2. The first-order chi connectivity index (χ1) is 25.0. The number of hydrogen-bond donors (Lipinski definition) is 3. The third-order valence-corrected chi connectivity index (χ3v) is 12.9. The molecule has 292 valence electrons. The van der Waals surface area contributed by atoms with E-state index < -0.39 is 41.8 Å². The van der Waals surface area contributed by atoms with E-state index in [4.69, 9.17) is 11.6 Å². The maximum absolute atomic E-state index is 13.9. The molecular weight excluding hydrogens is 732 g/mol. The molecule has 0 saturated carbocycles. The lowest BCUT2D eigenvalue weighted by molar-refractivity contribution is -0.135. The highest BCUT2D eigenvalue weighted by atomic mass is 35.5. The second-order valence-electron chi connectivity index (χ2n) is 14.8. The van der Waals surface area contributed by atoms with Crippen LogP contribution in [0.15, 0.2) is 82.6 Å². The predicted octanol–water partition coefficient (Wildman–Crippen LogP) is 10.1. The molecule has 1 amide bonds.